The Labute approximate surface area is 127 Å². The molecule has 1 aliphatic heterocycles. The standard InChI is InChI=1S/C17H26N2O2/c1-13-4-5-15(14(2)10-13)11-19(3)16(20)17(12-18)6-8-21-9-7-17/h4-5,10H,6-9,11-12,18H2,1-3H3. The molecule has 0 aromatic heterocycles. The van der Waals surface area contributed by atoms with E-state index in [9.17, 15) is 4.79 Å². The number of benzene rings is 1. The lowest BCUT2D eigenvalue weighted by Gasteiger charge is -2.37. The van der Waals surface area contributed by atoms with Crippen LogP contribution in [0.15, 0.2) is 18.2 Å². The molecule has 0 bridgehead atoms. The van der Waals surface area contributed by atoms with Crippen molar-refractivity contribution in [3.8, 4) is 0 Å². The van der Waals surface area contributed by atoms with Crippen LogP contribution in [0.1, 0.15) is 29.5 Å². The van der Waals surface area contributed by atoms with Crippen molar-refractivity contribution in [1.29, 1.82) is 0 Å². The first-order valence-corrected chi connectivity index (χ1v) is 7.58. The maximum Gasteiger partial charge on any atom is 0.230 e. The van der Waals surface area contributed by atoms with E-state index in [0.29, 0.717) is 26.3 Å². The molecule has 1 saturated heterocycles. The van der Waals surface area contributed by atoms with Crippen LogP contribution in [-0.4, -0.2) is 37.6 Å². The molecule has 0 atom stereocenters. The van der Waals surface area contributed by atoms with Crippen molar-refractivity contribution in [2.45, 2.75) is 33.2 Å². The highest BCUT2D eigenvalue weighted by Gasteiger charge is 2.40. The molecule has 1 aromatic rings. The molecule has 0 saturated carbocycles. The number of hydrogen-bond acceptors (Lipinski definition) is 3. The molecule has 1 amide bonds. The average molecular weight is 290 g/mol. The first-order chi connectivity index (χ1) is 9.98. The van der Waals surface area contributed by atoms with Gasteiger partial charge in [0.2, 0.25) is 5.91 Å². The highest BCUT2D eigenvalue weighted by Crippen LogP contribution is 2.31. The van der Waals surface area contributed by atoms with Crippen LogP contribution in [0.5, 0.6) is 0 Å². The van der Waals surface area contributed by atoms with Crippen LogP contribution >= 0.6 is 0 Å². The summed E-state index contributed by atoms with van der Waals surface area (Å²) in [6.07, 6.45) is 1.44. The molecule has 0 unspecified atom stereocenters. The summed E-state index contributed by atoms with van der Waals surface area (Å²) < 4.78 is 5.38. The van der Waals surface area contributed by atoms with Crippen LogP contribution in [0.4, 0.5) is 0 Å². The molecular weight excluding hydrogens is 264 g/mol. The Morgan fingerprint density at radius 3 is 2.57 bits per heavy atom. The van der Waals surface area contributed by atoms with Crippen LogP contribution in [0.3, 0.4) is 0 Å². The number of hydrogen-bond donors (Lipinski definition) is 1. The van der Waals surface area contributed by atoms with Crippen LogP contribution in [0.25, 0.3) is 0 Å². The van der Waals surface area contributed by atoms with E-state index in [4.69, 9.17) is 10.5 Å². The minimum Gasteiger partial charge on any atom is -0.381 e. The summed E-state index contributed by atoms with van der Waals surface area (Å²) in [6, 6.07) is 6.35. The van der Waals surface area contributed by atoms with Gasteiger partial charge in [0.15, 0.2) is 0 Å². The number of nitrogens with two attached hydrogens (primary N) is 1. The number of nitrogens with zero attached hydrogens (tertiary/aromatic N) is 1. The molecule has 2 rings (SSSR count). The molecule has 0 aliphatic carbocycles. The zero-order valence-corrected chi connectivity index (χ0v) is 13.3. The monoisotopic (exact) mass is 290 g/mol. The van der Waals surface area contributed by atoms with E-state index in [-0.39, 0.29) is 5.91 Å². The number of rotatable bonds is 4. The Kier molecular flexibility index (Phi) is 5.01. The Morgan fingerprint density at radius 2 is 2.00 bits per heavy atom. The first-order valence-electron chi connectivity index (χ1n) is 7.58. The summed E-state index contributed by atoms with van der Waals surface area (Å²) in [5, 5.41) is 0. The van der Waals surface area contributed by atoms with Gasteiger partial charge in [-0.2, -0.15) is 0 Å². The number of amides is 1. The lowest BCUT2D eigenvalue weighted by Crippen LogP contribution is -2.49. The second-order valence-corrected chi connectivity index (χ2v) is 6.19. The summed E-state index contributed by atoms with van der Waals surface area (Å²) >= 11 is 0. The van der Waals surface area contributed by atoms with Gasteiger partial charge < -0.3 is 15.4 Å². The number of ether oxygens (including phenoxy) is 1. The van der Waals surface area contributed by atoms with Gasteiger partial charge in [-0.25, -0.2) is 0 Å². The molecule has 116 valence electrons. The number of carbonyl (C=O) groups is 1. The smallest absolute Gasteiger partial charge is 0.230 e. The molecule has 4 heteroatoms. The van der Waals surface area contributed by atoms with Crippen molar-refractivity contribution in [3.05, 3.63) is 34.9 Å². The third-order valence-corrected chi connectivity index (χ3v) is 4.55. The molecule has 1 fully saturated rings. The van der Waals surface area contributed by atoms with Gasteiger partial charge in [-0.15, -0.1) is 0 Å². The Morgan fingerprint density at radius 1 is 1.33 bits per heavy atom. The van der Waals surface area contributed by atoms with Gasteiger partial charge in [0.25, 0.3) is 0 Å². The lowest BCUT2D eigenvalue weighted by molar-refractivity contribution is -0.146. The van der Waals surface area contributed by atoms with Gasteiger partial charge in [0, 0.05) is 33.4 Å². The van der Waals surface area contributed by atoms with E-state index in [2.05, 4.69) is 32.0 Å². The second kappa shape index (κ2) is 6.58. The van der Waals surface area contributed by atoms with E-state index in [1.165, 1.54) is 16.7 Å². The molecule has 1 aliphatic rings. The Hall–Kier alpha value is -1.39. The van der Waals surface area contributed by atoms with E-state index >= 15 is 0 Å². The summed E-state index contributed by atoms with van der Waals surface area (Å²) in [5.41, 5.74) is 9.14. The third kappa shape index (κ3) is 3.44. The van der Waals surface area contributed by atoms with Gasteiger partial charge in [-0.3, -0.25) is 4.79 Å². The average Bonchev–Trinajstić information content (AvgIpc) is 2.50. The normalized spacial score (nSPS) is 17.5. The SMILES string of the molecule is Cc1ccc(CN(C)C(=O)C2(CN)CCOCC2)c(C)c1. The fourth-order valence-corrected chi connectivity index (χ4v) is 3.02. The highest BCUT2D eigenvalue weighted by molar-refractivity contribution is 5.83. The van der Waals surface area contributed by atoms with Crippen LogP contribution in [0, 0.1) is 19.3 Å². The predicted molar refractivity (Wildman–Crippen MR) is 83.9 cm³/mol. The Balaban J connectivity index is 2.11. The van der Waals surface area contributed by atoms with Crippen molar-refractivity contribution in [2.24, 2.45) is 11.1 Å². The molecule has 21 heavy (non-hydrogen) atoms. The zero-order valence-electron chi connectivity index (χ0n) is 13.3. The number of carbonyl (C=O) groups excluding carboxylic acids is 1. The third-order valence-electron chi connectivity index (χ3n) is 4.55. The maximum absolute atomic E-state index is 12.8. The molecule has 2 N–H and O–H groups in total. The zero-order chi connectivity index (χ0) is 15.5. The lowest BCUT2D eigenvalue weighted by atomic mass is 9.79. The van der Waals surface area contributed by atoms with Crippen LogP contribution in [0.2, 0.25) is 0 Å². The van der Waals surface area contributed by atoms with E-state index in [1.807, 2.05) is 11.9 Å². The molecule has 1 heterocycles. The Bertz CT molecular complexity index is 508. The summed E-state index contributed by atoms with van der Waals surface area (Å²) in [4.78, 5) is 14.6. The summed E-state index contributed by atoms with van der Waals surface area (Å²) in [5.74, 6) is 0.147. The molecule has 4 nitrogen and oxygen atoms in total. The topological polar surface area (TPSA) is 55.6 Å². The molecular formula is C17H26N2O2. The fraction of sp³-hybridized carbons (Fsp3) is 0.588. The van der Waals surface area contributed by atoms with E-state index < -0.39 is 5.41 Å². The van der Waals surface area contributed by atoms with Crippen molar-refractivity contribution >= 4 is 5.91 Å². The molecule has 0 radical (unpaired) electrons. The van der Waals surface area contributed by atoms with Crippen molar-refractivity contribution < 1.29 is 9.53 Å². The fourth-order valence-electron chi connectivity index (χ4n) is 3.02. The predicted octanol–water partition coefficient (Wildman–Crippen LogP) is 2.02. The van der Waals surface area contributed by atoms with Crippen molar-refractivity contribution in [2.75, 3.05) is 26.8 Å². The first kappa shape index (κ1) is 16.0. The van der Waals surface area contributed by atoms with Crippen LogP contribution < -0.4 is 5.73 Å². The van der Waals surface area contributed by atoms with E-state index in [1.54, 1.807) is 0 Å². The minimum absolute atomic E-state index is 0.147. The quantitative estimate of drug-likeness (QED) is 0.923. The highest BCUT2D eigenvalue weighted by atomic mass is 16.5. The largest absolute Gasteiger partial charge is 0.381 e. The van der Waals surface area contributed by atoms with Gasteiger partial charge in [-0.1, -0.05) is 23.8 Å². The number of aryl methyl sites for hydroxylation is 2. The minimum atomic E-state index is -0.439. The van der Waals surface area contributed by atoms with Gasteiger partial charge in [-0.05, 0) is 37.8 Å². The molecule has 1 aromatic carbocycles. The second-order valence-electron chi connectivity index (χ2n) is 6.19. The van der Waals surface area contributed by atoms with Crippen LogP contribution in [-0.2, 0) is 16.1 Å². The van der Waals surface area contributed by atoms with Gasteiger partial charge in [0.1, 0.15) is 0 Å². The maximum atomic E-state index is 12.8. The van der Waals surface area contributed by atoms with Gasteiger partial charge >= 0.3 is 0 Å². The molecule has 0 spiro atoms. The summed E-state index contributed by atoms with van der Waals surface area (Å²) in [6.45, 7) is 6.45. The summed E-state index contributed by atoms with van der Waals surface area (Å²) in [7, 11) is 1.87. The van der Waals surface area contributed by atoms with Crippen molar-refractivity contribution in [3.63, 3.8) is 0 Å². The van der Waals surface area contributed by atoms with Crippen molar-refractivity contribution in [1.82, 2.24) is 4.90 Å². The van der Waals surface area contributed by atoms with Gasteiger partial charge in [0.05, 0.1) is 5.41 Å². The van der Waals surface area contributed by atoms with E-state index in [0.717, 1.165) is 12.8 Å².